The van der Waals surface area contributed by atoms with Crippen LogP contribution in [0.2, 0.25) is 0 Å². The highest BCUT2D eigenvalue weighted by atomic mass is 32.1. The lowest BCUT2D eigenvalue weighted by Crippen LogP contribution is -2.87. The van der Waals surface area contributed by atoms with Crippen molar-refractivity contribution in [2.24, 2.45) is 0 Å². The number of hydrogen-bond acceptors (Lipinski definition) is 5. The Kier molecular flexibility index (Phi) is 5.06. The summed E-state index contributed by atoms with van der Waals surface area (Å²) in [4.78, 5) is 15.3. The number of methoxy groups -OCH3 is 2. The molecule has 0 aliphatic carbocycles. The quantitative estimate of drug-likeness (QED) is 0.700. The van der Waals surface area contributed by atoms with Crippen LogP contribution in [0.4, 0.5) is 0 Å². The second-order valence-corrected chi connectivity index (χ2v) is 7.01. The van der Waals surface area contributed by atoms with E-state index in [9.17, 15) is 9.90 Å². The highest BCUT2D eigenvalue weighted by molar-refractivity contribution is 7.71. The maximum atomic E-state index is 12.7. The number of nitrogens with one attached hydrogen (secondary N) is 1. The molecule has 1 atom stereocenters. The summed E-state index contributed by atoms with van der Waals surface area (Å²) in [5.74, 6) is 1.17. The van der Waals surface area contributed by atoms with Gasteiger partial charge in [0.25, 0.3) is 5.56 Å². The van der Waals surface area contributed by atoms with Gasteiger partial charge in [0.15, 0.2) is 16.3 Å². The molecule has 0 unspecified atom stereocenters. The number of aromatic hydroxyl groups is 1. The molecule has 26 heavy (non-hydrogen) atoms. The number of hydrogen-bond donors (Lipinski definition) is 3. The summed E-state index contributed by atoms with van der Waals surface area (Å²) in [7, 11) is 3.18. The molecular formula is C18H24N3O4S+. The zero-order valence-corrected chi connectivity index (χ0v) is 16.1. The summed E-state index contributed by atoms with van der Waals surface area (Å²) in [6.07, 6.45) is 0.841. The number of nitrogens with two attached hydrogens (primary N) is 1. The van der Waals surface area contributed by atoms with Gasteiger partial charge in [-0.1, -0.05) is 0 Å². The summed E-state index contributed by atoms with van der Waals surface area (Å²) in [5.41, 5.74) is 1.95. The summed E-state index contributed by atoms with van der Waals surface area (Å²) in [6.45, 7) is 4.61. The van der Waals surface area contributed by atoms with Crippen molar-refractivity contribution in [3.05, 3.63) is 43.9 Å². The van der Waals surface area contributed by atoms with Crippen molar-refractivity contribution < 1.29 is 19.9 Å². The smallest absolute Gasteiger partial charge is 0.265 e. The Morgan fingerprint density at radius 3 is 2.58 bits per heavy atom. The molecule has 3 rings (SSSR count). The number of rotatable bonds is 4. The van der Waals surface area contributed by atoms with Crippen molar-refractivity contribution in [1.29, 1.82) is 0 Å². The molecule has 0 spiro atoms. The summed E-state index contributed by atoms with van der Waals surface area (Å²) in [6, 6.07) is 3.40. The maximum absolute atomic E-state index is 12.7. The van der Waals surface area contributed by atoms with Crippen LogP contribution >= 0.6 is 12.2 Å². The minimum atomic E-state index is -0.367. The lowest BCUT2D eigenvalue weighted by atomic mass is 9.90. The molecule has 140 valence electrons. The van der Waals surface area contributed by atoms with E-state index < -0.39 is 0 Å². The number of aromatic nitrogens is 2. The zero-order valence-electron chi connectivity index (χ0n) is 15.3. The maximum Gasteiger partial charge on any atom is 0.265 e. The summed E-state index contributed by atoms with van der Waals surface area (Å²) < 4.78 is 12.6. The van der Waals surface area contributed by atoms with Gasteiger partial charge in [0, 0.05) is 18.0 Å². The molecule has 1 aromatic heterocycles. The normalized spacial score (nSPS) is 16.4. The number of benzene rings is 1. The average molecular weight is 378 g/mol. The van der Waals surface area contributed by atoms with E-state index in [1.807, 2.05) is 31.3 Å². The van der Waals surface area contributed by atoms with Crippen LogP contribution in [0.25, 0.3) is 0 Å². The van der Waals surface area contributed by atoms with Gasteiger partial charge < -0.3 is 19.9 Å². The fourth-order valence-corrected chi connectivity index (χ4v) is 3.95. The van der Waals surface area contributed by atoms with Crippen LogP contribution in [0.3, 0.4) is 0 Å². The molecule has 0 radical (unpaired) electrons. The Hall–Kier alpha value is -2.32. The second-order valence-electron chi connectivity index (χ2n) is 6.62. The molecule has 0 saturated heterocycles. The largest absolute Gasteiger partial charge is 0.494 e. The number of H-pyrrole nitrogens is 1. The van der Waals surface area contributed by atoms with Crippen molar-refractivity contribution in [1.82, 2.24) is 9.55 Å². The second kappa shape index (κ2) is 7.13. The first kappa shape index (κ1) is 18.5. The zero-order chi connectivity index (χ0) is 19.0. The first-order chi connectivity index (χ1) is 12.4. The van der Waals surface area contributed by atoms with Gasteiger partial charge in [-0.3, -0.25) is 14.3 Å². The highest BCUT2D eigenvalue weighted by Gasteiger charge is 2.33. The van der Waals surface area contributed by atoms with Gasteiger partial charge in [-0.05, 0) is 43.8 Å². The van der Waals surface area contributed by atoms with Crippen LogP contribution in [0.5, 0.6) is 17.4 Å². The fourth-order valence-electron chi connectivity index (χ4n) is 3.56. The predicted octanol–water partition coefficient (Wildman–Crippen LogP) is 1.42. The highest BCUT2D eigenvalue weighted by Crippen LogP contribution is 2.36. The molecule has 0 bridgehead atoms. The van der Waals surface area contributed by atoms with E-state index in [0.717, 1.165) is 24.1 Å². The summed E-state index contributed by atoms with van der Waals surface area (Å²) in [5, 5.41) is 12.9. The molecule has 1 aromatic carbocycles. The number of aromatic amines is 1. The van der Waals surface area contributed by atoms with E-state index >= 15 is 0 Å². The van der Waals surface area contributed by atoms with Crippen molar-refractivity contribution in [3.63, 3.8) is 0 Å². The third-order valence-corrected chi connectivity index (χ3v) is 5.08. The van der Waals surface area contributed by atoms with Crippen LogP contribution in [0.15, 0.2) is 16.9 Å². The van der Waals surface area contributed by atoms with E-state index in [1.165, 1.54) is 0 Å². The SMILES string of the molecule is COc1cc2c(cc1OC)[C@H](c1c(O)n(C(C)C)c(=S)[nH]c1=O)[NH2+]CC2. The molecule has 2 aromatic rings. The van der Waals surface area contributed by atoms with Gasteiger partial charge in [0.2, 0.25) is 5.88 Å². The molecule has 8 heteroatoms. The van der Waals surface area contributed by atoms with Crippen LogP contribution < -0.4 is 20.3 Å². The van der Waals surface area contributed by atoms with Crippen molar-refractivity contribution in [2.75, 3.05) is 20.8 Å². The van der Waals surface area contributed by atoms with E-state index in [1.54, 1.807) is 18.8 Å². The first-order valence-electron chi connectivity index (χ1n) is 8.54. The number of ether oxygens (including phenoxy) is 2. The molecule has 0 saturated carbocycles. The third kappa shape index (κ3) is 2.99. The van der Waals surface area contributed by atoms with Gasteiger partial charge in [0.1, 0.15) is 11.6 Å². The molecule has 4 N–H and O–H groups in total. The molecular weight excluding hydrogens is 354 g/mol. The van der Waals surface area contributed by atoms with Crippen LogP contribution in [0, 0.1) is 4.77 Å². The monoisotopic (exact) mass is 378 g/mol. The van der Waals surface area contributed by atoms with E-state index in [0.29, 0.717) is 17.1 Å². The summed E-state index contributed by atoms with van der Waals surface area (Å²) >= 11 is 5.22. The Morgan fingerprint density at radius 1 is 1.31 bits per heavy atom. The predicted molar refractivity (Wildman–Crippen MR) is 99.8 cm³/mol. The topological polar surface area (TPSA) is 93.1 Å². The van der Waals surface area contributed by atoms with Gasteiger partial charge >= 0.3 is 0 Å². The lowest BCUT2D eigenvalue weighted by molar-refractivity contribution is -0.690. The Morgan fingerprint density at radius 2 is 1.96 bits per heavy atom. The fraction of sp³-hybridized carbons (Fsp3) is 0.444. The van der Waals surface area contributed by atoms with Crippen molar-refractivity contribution in [2.45, 2.75) is 32.4 Å². The van der Waals surface area contributed by atoms with E-state index in [4.69, 9.17) is 21.7 Å². The molecule has 1 aliphatic rings. The number of fused-ring (bicyclic) bond motifs is 1. The minimum Gasteiger partial charge on any atom is -0.494 e. The van der Waals surface area contributed by atoms with Crippen LogP contribution in [-0.2, 0) is 6.42 Å². The van der Waals surface area contributed by atoms with Crippen LogP contribution in [0.1, 0.15) is 42.6 Å². The first-order valence-corrected chi connectivity index (χ1v) is 8.95. The van der Waals surface area contributed by atoms with E-state index in [-0.39, 0.29) is 28.3 Å². The molecule has 1 aliphatic heterocycles. The lowest BCUT2D eigenvalue weighted by Gasteiger charge is -2.26. The van der Waals surface area contributed by atoms with Gasteiger partial charge in [-0.25, -0.2) is 0 Å². The van der Waals surface area contributed by atoms with E-state index in [2.05, 4.69) is 4.98 Å². The van der Waals surface area contributed by atoms with Gasteiger partial charge in [-0.15, -0.1) is 0 Å². The number of quaternary nitrogens is 1. The molecule has 0 amide bonds. The van der Waals surface area contributed by atoms with Crippen LogP contribution in [-0.4, -0.2) is 35.4 Å². The average Bonchev–Trinajstić information content (AvgIpc) is 2.59. The molecule has 2 heterocycles. The molecule has 7 nitrogen and oxygen atoms in total. The number of nitrogens with zero attached hydrogens (tertiary/aromatic N) is 1. The minimum absolute atomic E-state index is 0.0773. The van der Waals surface area contributed by atoms with Gasteiger partial charge in [0.05, 0.1) is 20.8 Å². The standard InChI is InChI=1S/C18H23N3O4S/c1-9(2)21-17(23)14(16(22)20-18(21)26)15-11-8-13(25-4)12(24-3)7-10(11)5-6-19-15/h7-9,15,19,23H,5-6H2,1-4H3,(H,20,22,26)/p+1/t15-/m1/s1. The Balaban J connectivity index is 2.24. The molecule has 0 fully saturated rings. The van der Waals surface area contributed by atoms with Crippen molar-refractivity contribution >= 4 is 12.2 Å². The van der Waals surface area contributed by atoms with Gasteiger partial charge in [-0.2, -0.15) is 0 Å². The Labute approximate surface area is 156 Å². The van der Waals surface area contributed by atoms with Crippen molar-refractivity contribution in [3.8, 4) is 17.4 Å². The Bertz CT molecular complexity index is 949. The third-order valence-electron chi connectivity index (χ3n) is 4.78.